The predicted octanol–water partition coefficient (Wildman–Crippen LogP) is 7.65. The van der Waals surface area contributed by atoms with Gasteiger partial charge in [-0.25, -0.2) is 13.2 Å². The number of unbranched alkanes of at least 4 members (excludes halogenated alkanes) is 2. The van der Waals surface area contributed by atoms with E-state index in [1.165, 1.54) is 64.2 Å². The van der Waals surface area contributed by atoms with Gasteiger partial charge in [0, 0.05) is 11.5 Å². The van der Waals surface area contributed by atoms with Crippen LogP contribution in [0.1, 0.15) is 89.5 Å². The number of halogens is 3. The maximum absolute atomic E-state index is 13.3. The Bertz CT molecular complexity index is 660. The molecular formula is C25H33F3. The second-order valence-corrected chi connectivity index (χ2v) is 8.91. The number of hydrogen-bond donors (Lipinski definition) is 0. The summed E-state index contributed by atoms with van der Waals surface area (Å²) < 4.78 is 39.6. The molecule has 3 heteroatoms. The molecule has 0 N–H and O–H groups in total. The molecule has 0 bridgehead atoms. The first-order valence-electron chi connectivity index (χ1n) is 11.2. The van der Waals surface area contributed by atoms with Gasteiger partial charge in [-0.1, -0.05) is 57.3 Å². The fourth-order valence-corrected chi connectivity index (χ4v) is 5.18. The maximum atomic E-state index is 13.3. The quantitative estimate of drug-likeness (QED) is 0.275. The molecule has 2 aliphatic carbocycles. The zero-order chi connectivity index (χ0) is 19.9. The highest BCUT2D eigenvalue weighted by atomic mass is 19.2. The average molecular weight is 391 g/mol. The molecule has 3 rings (SSSR count). The van der Waals surface area contributed by atoms with Crippen LogP contribution in [0.2, 0.25) is 0 Å². The normalized spacial score (nSPS) is 27.9. The van der Waals surface area contributed by atoms with Gasteiger partial charge in [0.1, 0.15) is 0 Å². The van der Waals surface area contributed by atoms with E-state index in [1.807, 2.05) is 0 Å². The van der Waals surface area contributed by atoms with Crippen LogP contribution < -0.4 is 0 Å². The topological polar surface area (TPSA) is 0 Å². The van der Waals surface area contributed by atoms with Gasteiger partial charge in [0.25, 0.3) is 0 Å². The minimum Gasteiger partial charge on any atom is -0.204 e. The summed E-state index contributed by atoms with van der Waals surface area (Å²) in [4.78, 5) is 0. The van der Waals surface area contributed by atoms with Gasteiger partial charge in [0.05, 0.1) is 0 Å². The van der Waals surface area contributed by atoms with Gasteiger partial charge in [0.2, 0.25) is 0 Å². The molecule has 0 heterocycles. The molecule has 0 amide bonds. The fraction of sp³-hybridized carbons (Fsp3) is 0.680. The van der Waals surface area contributed by atoms with E-state index in [1.54, 1.807) is 0 Å². The van der Waals surface area contributed by atoms with Crippen molar-refractivity contribution in [2.24, 2.45) is 23.7 Å². The molecule has 28 heavy (non-hydrogen) atoms. The first-order valence-corrected chi connectivity index (χ1v) is 11.2. The SMILES string of the molecule is CCCCCC1CCC(C2CCC(C#Cc3cc(F)c(F)c(F)c3)CC2)CC1. The van der Waals surface area contributed by atoms with Crippen molar-refractivity contribution in [3.63, 3.8) is 0 Å². The van der Waals surface area contributed by atoms with Crippen LogP contribution in [0.15, 0.2) is 12.1 Å². The monoisotopic (exact) mass is 390 g/mol. The van der Waals surface area contributed by atoms with Gasteiger partial charge in [-0.05, 0) is 68.4 Å². The third-order valence-corrected chi connectivity index (χ3v) is 6.95. The van der Waals surface area contributed by atoms with Crippen molar-refractivity contribution in [2.75, 3.05) is 0 Å². The van der Waals surface area contributed by atoms with Gasteiger partial charge in [0.15, 0.2) is 17.5 Å². The number of benzene rings is 1. The van der Waals surface area contributed by atoms with E-state index in [2.05, 4.69) is 18.8 Å². The molecule has 2 aliphatic rings. The van der Waals surface area contributed by atoms with E-state index in [-0.39, 0.29) is 11.5 Å². The number of hydrogen-bond acceptors (Lipinski definition) is 0. The van der Waals surface area contributed by atoms with Crippen molar-refractivity contribution in [1.82, 2.24) is 0 Å². The van der Waals surface area contributed by atoms with E-state index in [4.69, 9.17) is 0 Å². The van der Waals surface area contributed by atoms with Crippen LogP contribution in [-0.2, 0) is 0 Å². The highest BCUT2D eigenvalue weighted by Gasteiger charge is 2.30. The van der Waals surface area contributed by atoms with Crippen molar-refractivity contribution in [3.8, 4) is 11.8 Å². The van der Waals surface area contributed by atoms with Gasteiger partial charge in [-0.15, -0.1) is 0 Å². The van der Waals surface area contributed by atoms with Crippen LogP contribution >= 0.6 is 0 Å². The molecule has 1 aromatic carbocycles. The highest BCUT2D eigenvalue weighted by molar-refractivity contribution is 5.35. The van der Waals surface area contributed by atoms with Crippen molar-refractivity contribution in [2.45, 2.75) is 84.0 Å². The molecule has 0 nitrogen and oxygen atoms in total. The Morgan fingerprint density at radius 2 is 1.39 bits per heavy atom. The molecule has 0 aromatic heterocycles. The molecule has 0 saturated heterocycles. The third-order valence-electron chi connectivity index (χ3n) is 6.95. The second kappa shape index (κ2) is 10.4. The molecule has 0 radical (unpaired) electrons. The Hall–Kier alpha value is -1.43. The van der Waals surface area contributed by atoms with Crippen LogP contribution in [0.5, 0.6) is 0 Å². The summed E-state index contributed by atoms with van der Waals surface area (Å²) in [5.41, 5.74) is 0.222. The Kier molecular flexibility index (Phi) is 7.89. The summed E-state index contributed by atoms with van der Waals surface area (Å²) >= 11 is 0. The molecule has 154 valence electrons. The number of rotatable bonds is 5. The summed E-state index contributed by atoms with van der Waals surface area (Å²) in [7, 11) is 0. The van der Waals surface area contributed by atoms with E-state index < -0.39 is 17.5 Å². The summed E-state index contributed by atoms with van der Waals surface area (Å²) in [6, 6.07) is 1.96. The average Bonchev–Trinajstić information content (AvgIpc) is 2.71. The first-order chi connectivity index (χ1) is 13.6. The van der Waals surface area contributed by atoms with E-state index in [9.17, 15) is 13.2 Å². The van der Waals surface area contributed by atoms with Gasteiger partial charge < -0.3 is 0 Å². The fourth-order valence-electron chi connectivity index (χ4n) is 5.18. The van der Waals surface area contributed by atoms with Gasteiger partial charge in [-0.3, -0.25) is 0 Å². The Balaban J connectivity index is 1.43. The zero-order valence-corrected chi connectivity index (χ0v) is 17.1. The van der Waals surface area contributed by atoms with E-state index >= 15 is 0 Å². The van der Waals surface area contributed by atoms with Crippen LogP contribution in [0, 0.1) is 53.0 Å². The first kappa shape index (κ1) is 21.3. The third kappa shape index (κ3) is 5.79. The van der Waals surface area contributed by atoms with Crippen molar-refractivity contribution >= 4 is 0 Å². The molecule has 0 unspecified atom stereocenters. The molecule has 1 aromatic rings. The lowest BCUT2D eigenvalue weighted by atomic mass is 9.69. The summed E-state index contributed by atoms with van der Waals surface area (Å²) in [5, 5.41) is 0. The highest BCUT2D eigenvalue weighted by Crippen LogP contribution is 2.42. The van der Waals surface area contributed by atoms with Crippen molar-refractivity contribution in [3.05, 3.63) is 35.1 Å². The zero-order valence-electron chi connectivity index (χ0n) is 17.1. The molecule has 2 saturated carbocycles. The van der Waals surface area contributed by atoms with Gasteiger partial charge in [-0.2, -0.15) is 0 Å². The lowest BCUT2D eigenvalue weighted by Gasteiger charge is -2.37. The molecule has 0 atom stereocenters. The minimum absolute atomic E-state index is 0.222. The molecule has 0 spiro atoms. The van der Waals surface area contributed by atoms with Crippen molar-refractivity contribution < 1.29 is 13.2 Å². The Labute approximate surface area is 168 Å². The van der Waals surface area contributed by atoms with E-state index in [0.29, 0.717) is 0 Å². The minimum atomic E-state index is -1.42. The smallest absolute Gasteiger partial charge is 0.194 e. The largest absolute Gasteiger partial charge is 0.204 e. The molecule has 0 aliphatic heterocycles. The summed E-state index contributed by atoms with van der Waals surface area (Å²) in [5.74, 6) is 5.22. The van der Waals surface area contributed by atoms with Crippen LogP contribution in [0.4, 0.5) is 13.2 Å². The lowest BCUT2D eigenvalue weighted by Crippen LogP contribution is -2.25. The summed E-state index contributed by atoms with van der Waals surface area (Å²) in [6.07, 6.45) is 15.7. The molecular weight excluding hydrogens is 357 g/mol. The lowest BCUT2D eigenvalue weighted by molar-refractivity contribution is 0.153. The second-order valence-electron chi connectivity index (χ2n) is 8.91. The van der Waals surface area contributed by atoms with Crippen LogP contribution in [0.3, 0.4) is 0 Å². The van der Waals surface area contributed by atoms with Crippen molar-refractivity contribution in [1.29, 1.82) is 0 Å². The van der Waals surface area contributed by atoms with Gasteiger partial charge >= 0.3 is 0 Å². The summed E-state index contributed by atoms with van der Waals surface area (Å²) in [6.45, 7) is 2.27. The van der Waals surface area contributed by atoms with Crippen LogP contribution in [0.25, 0.3) is 0 Å². The maximum Gasteiger partial charge on any atom is 0.194 e. The standard InChI is InChI=1S/C25H33F3/c1-2-3-4-5-18-8-12-21(13-9-18)22-14-10-19(11-15-22)6-7-20-16-23(26)25(28)24(27)17-20/h16-19,21-22H,2-5,8-15H2,1H3. The predicted molar refractivity (Wildman–Crippen MR) is 108 cm³/mol. The molecule has 2 fully saturated rings. The van der Waals surface area contributed by atoms with Crippen LogP contribution in [-0.4, -0.2) is 0 Å². The van der Waals surface area contributed by atoms with E-state index in [0.717, 1.165) is 42.7 Å². The Morgan fingerprint density at radius 3 is 1.96 bits per heavy atom. The Morgan fingerprint density at radius 1 is 0.821 bits per heavy atom.